The van der Waals surface area contributed by atoms with Gasteiger partial charge in [-0.05, 0) is 53.7 Å². The molecule has 0 saturated carbocycles. The second kappa shape index (κ2) is 7.87. The van der Waals surface area contributed by atoms with Crippen molar-refractivity contribution in [2.24, 2.45) is 4.99 Å². The lowest BCUT2D eigenvalue weighted by Crippen LogP contribution is -2.19. The van der Waals surface area contributed by atoms with Gasteiger partial charge in [-0.25, -0.2) is 9.79 Å². The highest BCUT2D eigenvalue weighted by Gasteiger charge is 2.24. The zero-order valence-corrected chi connectivity index (χ0v) is 16.8. The number of pyridine rings is 1. The van der Waals surface area contributed by atoms with Crippen molar-refractivity contribution in [2.75, 3.05) is 0 Å². The number of rotatable bonds is 3. The van der Waals surface area contributed by atoms with E-state index in [2.05, 4.69) is 15.3 Å². The number of aliphatic imine (C=N–C) groups is 1. The van der Waals surface area contributed by atoms with Gasteiger partial charge in [-0.1, -0.05) is 35.3 Å². The van der Waals surface area contributed by atoms with Crippen LogP contribution in [0.15, 0.2) is 58.6 Å². The summed E-state index contributed by atoms with van der Waals surface area (Å²) >= 11 is 13.4. The normalized spacial score (nSPS) is 16.6. The summed E-state index contributed by atoms with van der Waals surface area (Å²) in [5, 5.41) is 13.6. The Morgan fingerprint density at radius 2 is 1.93 bits per heavy atom. The zero-order valence-electron chi connectivity index (χ0n) is 14.5. The summed E-state index contributed by atoms with van der Waals surface area (Å²) in [4.78, 5) is 32.4. The monoisotopic (exact) mass is 443 g/mol. The Labute approximate surface area is 179 Å². The van der Waals surface area contributed by atoms with E-state index in [-0.39, 0.29) is 11.5 Å². The number of thioether (sulfide) groups is 1. The van der Waals surface area contributed by atoms with Gasteiger partial charge in [0.25, 0.3) is 5.91 Å². The molecule has 1 saturated heterocycles. The van der Waals surface area contributed by atoms with Crippen molar-refractivity contribution < 1.29 is 14.7 Å². The van der Waals surface area contributed by atoms with Gasteiger partial charge in [-0.15, -0.1) is 0 Å². The van der Waals surface area contributed by atoms with Crippen LogP contribution in [0.3, 0.4) is 0 Å². The van der Waals surface area contributed by atoms with Gasteiger partial charge in [0.1, 0.15) is 5.69 Å². The third kappa shape index (κ3) is 4.12. The summed E-state index contributed by atoms with van der Waals surface area (Å²) in [5.41, 5.74) is 1.88. The maximum absolute atomic E-state index is 12.3. The van der Waals surface area contributed by atoms with E-state index in [1.54, 1.807) is 48.5 Å². The second-order valence-electron chi connectivity index (χ2n) is 6.03. The molecule has 0 atom stereocenters. The number of hydrogen-bond acceptors (Lipinski definition) is 5. The first-order valence-corrected chi connectivity index (χ1v) is 9.84. The first kappa shape index (κ1) is 19.4. The van der Waals surface area contributed by atoms with Crippen LogP contribution in [0.2, 0.25) is 10.0 Å². The number of nitrogens with zero attached hydrogens (tertiary/aromatic N) is 2. The number of benzene rings is 2. The van der Waals surface area contributed by atoms with E-state index in [4.69, 9.17) is 28.3 Å². The summed E-state index contributed by atoms with van der Waals surface area (Å²) in [6.07, 6.45) is 3.01. The first-order valence-electron chi connectivity index (χ1n) is 8.27. The largest absolute Gasteiger partial charge is 0.478 e. The van der Waals surface area contributed by atoms with Gasteiger partial charge in [-0.2, -0.15) is 0 Å². The van der Waals surface area contributed by atoms with Crippen LogP contribution < -0.4 is 5.32 Å². The third-order valence-corrected chi connectivity index (χ3v) is 5.57. The van der Waals surface area contributed by atoms with Gasteiger partial charge in [0.05, 0.1) is 26.0 Å². The Balaban J connectivity index is 1.65. The number of aromatic carboxylic acids is 1. The molecule has 0 aliphatic carbocycles. The van der Waals surface area contributed by atoms with Crippen LogP contribution in [-0.4, -0.2) is 27.1 Å². The van der Waals surface area contributed by atoms with Crippen LogP contribution in [-0.2, 0) is 4.79 Å². The lowest BCUT2D eigenvalue weighted by atomic mass is 10.1. The minimum atomic E-state index is -1.05. The number of fused-ring (bicyclic) bond motifs is 1. The standard InChI is InChI=1S/C20H11Cl2N3O3S/c21-13-2-1-3-14(22)17(13)24-20-25-18(26)16(29-20)7-10-4-5-15-11(6-10)8-12(9-23-15)19(27)28/h1-9H,(H,27,28)(H,24,25,26)/b16-7-. The lowest BCUT2D eigenvalue weighted by molar-refractivity contribution is -0.115. The number of aromatic nitrogens is 1. The van der Waals surface area contributed by atoms with E-state index in [0.717, 1.165) is 17.3 Å². The number of carboxylic acid groups (broad SMARTS) is 1. The van der Waals surface area contributed by atoms with Crippen LogP contribution in [0.5, 0.6) is 0 Å². The predicted molar refractivity (Wildman–Crippen MR) is 116 cm³/mol. The topological polar surface area (TPSA) is 91.7 Å². The SMILES string of the molecule is O=C1NC(=Nc2c(Cl)cccc2Cl)S/C1=C\c1ccc2ncc(C(=O)O)cc2c1. The maximum atomic E-state index is 12.3. The van der Waals surface area contributed by atoms with E-state index in [1.807, 2.05) is 0 Å². The van der Waals surface area contributed by atoms with Crippen LogP contribution in [0, 0.1) is 0 Å². The van der Waals surface area contributed by atoms with Crippen LogP contribution >= 0.6 is 35.0 Å². The molecule has 0 spiro atoms. The quantitative estimate of drug-likeness (QED) is 0.547. The molecule has 1 aliphatic heterocycles. The summed E-state index contributed by atoms with van der Waals surface area (Å²) < 4.78 is 0. The highest BCUT2D eigenvalue weighted by atomic mass is 35.5. The number of carbonyl (C=O) groups excluding carboxylic acids is 1. The highest BCUT2D eigenvalue weighted by molar-refractivity contribution is 8.18. The van der Waals surface area contributed by atoms with Gasteiger partial charge < -0.3 is 10.4 Å². The number of amidine groups is 1. The zero-order chi connectivity index (χ0) is 20.5. The predicted octanol–water partition coefficient (Wildman–Crippen LogP) is 5.13. The van der Waals surface area contributed by atoms with Crippen molar-refractivity contribution in [2.45, 2.75) is 0 Å². The molecular weight excluding hydrogens is 433 g/mol. The Morgan fingerprint density at radius 1 is 1.17 bits per heavy atom. The van der Waals surface area contributed by atoms with E-state index in [1.165, 1.54) is 6.20 Å². The van der Waals surface area contributed by atoms with Crippen molar-refractivity contribution in [3.63, 3.8) is 0 Å². The minimum absolute atomic E-state index is 0.0984. The molecular formula is C20H11Cl2N3O3S. The van der Waals surface area contributed by atoms with Crippen molar-refractivity contribution in [1.29, 1.82) is 0 Å². The molecule has 4 rings (SSSR count). The summed E-state index contributed by atoms with van der Waals surface area (Å²) in [7, 11) is 0. The number of para-hydroxylation sites is 1. The fourth-order valence-electron chi connectivity index (χ4n) is 2.69. The molecule has 0 bridgehead atoms. The fourth-order valence-corrected chi connectivity index (χ4v) is 4.00. The van der Waals surface area contributed by atoms with Gasteiger partial charge in [0.15, 0.2) is 5.17 Å². The molecule has 6 nitrogen and oxygen atoms in total. The minimum Gasteiger partial charge on any atom is -0.478 e. The molecule has 9 heteroatoms. The highest BCUT2D eigenvalue weighted by Crippen LogP contribution is 2.35. The van der Waals surface area contributed by atoms with E-state index in [0.29, 0.717) is 36.7 Å². The Hall–Kier alpha value is -2.87. The molecule has 1 fully saturated rings. The van der Waals surface area contributed by atoms with Gasteiger partial charge in [0.2, 0.25) is 0 Å². The van der Waals surface area contributed by atoms with Crippen LogP contribution in [0.25, 0.3) is 17.0 Å². The molecule has 0 unspecified atom stereocenters. The Kier molecular flexibility index (Phi) is 5.27. The lowest BCUT2D eigenvalue weighted by Gasteiger charge is -2.02. The molecule has 2 N–H and O–H groups in total. The second-order valence-corrected chi connectivity index (χ2v) is 7.88. The Bertz CT molecular complexity index is 1220. The molecule has 1 aromatic heterocycles. The van der Waals surface area contributed by atoms with Gasteiger partial charge in [-0.3, -0.25) is 9.78 Å². The van der Waals surface area contributed by atoms with Crippen molar-refractivity contribution in [3.8, 4) is 0 Å². The number of amides is 1. The molecule has 144 valence electrons. The number of hydrogen-bond donors (Lipinski definition) is 2. The van der Waals surface area contributed by atoms with E-state index < -0.39 is 5.97 Å². The molecule has 3 aromatic rings. The average molecular weight is 444 g/mol. The molecule has 0 radical (unpaired) electrons. The Morgan fingerprint density at radius 3 is 2.66 bits per heavy atom. The molecule has 2 aromatic carbocycles. The molecule has 1 aliphatic rings. The van der Waals surface area contributed by atoms with Crippen LogP contribution in [0.1, 0.15) is 15.9 Å². The summed E-state index contributed by atoms with van der Waals surface area (Å²) in [5.74, 6) is -1.34. The number of nitrogens with one attached hydrogen (secondary N) is 1. The van der Waals surface area contributed by atoms with Gasteiger partial charge >= 0.3 is 5.97 Å². The van der Waals surface area contributed by atoms with E-state index in [9.17, 15) is 9.59 Å². The average Bonchev–Trinajstić information content (AvgIpc) is 3.03. The van der Waals surface area contributed by atoms with Crippen molar-refractivity contribution >= 4 is 74.7 Å². The number of halogens is 2. The molecule has 1 amide bonds. The maximum Gasteiger partial charge on any atom is 0.337 e. The molecule has 29 heavy (non-hydrogen) atoms. The number of carboxylic acids is 1. The fraction of sp³-hybridized carbons (Fsp3) is 0. The van der Waals surface area contributed by atoms with Crippen molar-refractivity contribution in [3.05, 3.63) is 74.7 Å². The summed E-state index contributed by atoms with van der Waals surface area (Å²) in [6.45, 7) is 0. The molecule has 2 heterocycles. The smallest absolute Gasteiger partial charge is 0.337 e. The van der Waals surface area contributed by atoms with E-state index >= 15 is 0 Å². The first-order chi connectivity index (χ1) is 13.9. The third-order valence-electron chi connectivity index (χ3n) is 4.05. The number of carbonyl (C=O) groups is 2. The van der Waals surface area contributed by atoms with Crippen molar-refractivity contribution in [1.82, 2.24) is 10.3 Å². The van der Waals surface area contributed by atoms with Gasteiger partial charge in [0, 0.05) is 11.6 Å². The summed E-state index contributed by atoms with van der Waals surface area (Å²) in [6, 6.07) is 11.9. The van der Waals surface area contributed by atoms with Crippen LogP contribution in [0.4, 0.5) is 5.69 Å².